The second kappa shape index (κ2) is 5.30. The Kier molecular flexibility index (Phi) is 3.47. The average Bonchev–Trinajstić information content (AvgIpc) is 2.96. The van der Waals surface area contributed by atoms with Gasteiger partial charge in [-0.15, -0.1) is 0 Å². The van der Waals surface area contributed by atoms with Crippen molar-refractivity contribution in [3.05, 3.63) is 18.5 Å². The van der Waals surface area contributed by atoms with Crippen LogP contribution in [0.4, 0.5) is 5.95 Å². The van der Waals surface area contributed by atoms with Crippen LogP contribution in [0, 0.1) is 11.3 Å². The quantitative estimate of drug-likeness (QED) is 0.696. The summed E-state index contributed by atoms with van der Waals surface area (Å²) in [6.07, 6.45) is 4.11. The van der Waals surface area contributed by atoms with Crippen LogP contribution in [0.25, 0.3) is 0 Å². The first kappa shape index (κ1) is 13.8. The second-order valence-corrected chi connectivity index (χ2v) is 5.56. The standard InChI is InChI=1S/C14H18N6O/c1-18-9-10-20(8-4-15)14(12(18)21)3-7-19(11-14)13-16-5-2-6-17-13/h2,5-6H,3,7-11H2,1H3. The maximum Gasteiger partial charge on any atom is 0.244 e. The van der Waals surface area contributed by atoms with E-state index in [4.69, 9.17) is 5.26 Å². The minimum Gasteiger partial charge on any atom is -0.343 e. The number of hydrogen-bond acceptors (Lipinski definition) is 6. The zero-order chi connectivity index (χ0) is 14.9. The highest BCUT2D eigenvalue weighted by atomic mass is 16.2. The summed E-state index contributed by atoms with van der Waals surface area (Å²) >= 11 is 0. The zero-order valence-electron chi connectivity index (χ0n) is 12.1. The van der Waals surface area contributed by atoms with Gasteiger partial charge >= 0.3 is 0 Å². The SMILES string of the molecule is CN1CCN(CC#N)C2(CCN(c3ncccn3)C2)C1=O. The Labute approximate surface area is 123 Å². The summed E-state index contributed by atoms with van der Waals surface area (Å²) in [5.41, 5.74) is -0.609. The van der Waals surface area contributed by atoms with E-state index in [2.05, 4.69) is 16.0 Å². The molecule has 110 valence electrons. The number of likely N-dealkylation sites (N-methyl/N-ethyl adjacent to an activating group) is 1. The molecule has 1 aromatic heterocycles. The maximum absolute atomic E-state index is 12.7. The van der Waals surface area contributed by atoms with Crippen LogP contribution in [0.5, 0.6) is 0 Å². The van der Waals surface area contributed by atoms with Gasteiger partial charge in [0.1, 0.15) is 5.54 Å². The summed E-state index contributed by atoms with van der Waals surface area (Å²) < 4.78 is 0. The highest BCUT2D eigenvalue weighted by Gasteiger charge is 2.52. The maximum atomic E-state index is 12.7. The average molecular weight is 286 g/mol. The molecular weight excluding hydrogens is 268 g/mol. The molecule has 2 saturated heterocycles. The Bertz CT molecular complexity index is 571. The molecule has 2 fully saturated rings. The molecule has 21 heavy (non-hydrogen) atoms. The fraction of sp³-hybridized carbons (Fsp3) is 0.571. The first-order valence-electron chi connectivity index (χ1n) is 7.07. The fourth-order valence-electron chi connectivity index (χ4n) is 3.24. The van der Waals surface area contributed by atoms with E-state index in [0.29, 0.717) is 25.5 Å². The number of carbonyl (C=O) groups is 1. The van der Waals surface area contributed by atoms with Crippen molar-refractivity contribution in [2.75, 3.05) is 44.7 Å². The van der Waals surface area contributed by atoms with Gasteiger partial charge in [0.15, 0.2) is 0 Å². The van der Waals surface area contributed by atoms with Gasteiger partial charge in [0, 0.05) is 45.6 Å². The lowest BCUT2D eigenvalue weighted by atomic mass is 9.91. The number of nitriles is 1. The molecule has 0 radical (unpaired) electrons. The second-order valence-electron chi connectivity index (χ2n) is 5.56. The number of amides is 1. The van der Waals surface area contributed by atoms with Crippen molar-refractivity contribution < 1.29 is 4.79 Å². The van der Waals surface area contributed by atoms with Crippen molar-refractivity contribution >= 4 is 11.9 Å². The monoisotopic (exact) mass is 286 g/mol. The Morgan fingerprint density at radius 2 is 2.10 bits per heavy atom. The van der Waals surface area contributed by atoms with E-state index in [1.165, 1.54) is 0 Å². The van der Waals surface area contributed by atoms with Gasteiger partial charge in [-0.3, -0.25) is 9.69 Å². The molecule has 1 aromatic rings. The van der Waals surface area contributed by atoms with E-state index >= 15 is 0 Å². The van der Waals surface area contributed by atoms with Crippen molar-refractivity contribution in [1.29, 1.82) is 5.26 Å². The zero-order valence-corrected chi connectivity index (χ0v) is 12.1. The van der Waals surface area contributed by atoms with Crippen molar-refractivity contribution in [2.24, 2.45) is 0 Å². The molecule has 7 nitrogen and oxygen atoms in total. The molecule has 0 bridgehead atoms. The van der Waals surface area contributed by atoms with Crippen LogP contribution < -0.4 is 4.90 Å². The molecule has 2 aliphatic heterocycles. The molecule has 0 aromatic carbocycles. The largest absolute Gasteiger partial charge is 0.343 e. The van der Waals surface area contributed by atoms with E-state index in [-0.39, 0.29) is 12.5 Å². The molecule has 3 rings (SSSR count). The van der Waals surface area contributed by atoms with Crippen LogP contribution in [0.3, 0.4) is 0 Å². The van der Waals surface area contributed by atoms with Gasteiger partial charge in [-0.05, 0) is 12.5 Å². The third kappa shape index (κ3) is 2.21. The number of aromatic nitrogens is 2. The van der Waals surface area contributed by atoms with E-state index in [0.717, 1.165) is 13.1 Å². The normalized spacial score (nSPS) is 26.4. The molecule has 1 atom stereocenters. The van der Waals surface area contributed by atoms with E-state index in [9.17, 15) is 4.79 Å². The van der Waals surface area contributed by atoms with Gasteiger partial charge < -0.3 is 9.80 Å². The first-order chi connectivity index (χ1) is 10.2. The van der Waals surface area contributed by atoms with Crippen LogP contribution in [-0.4, -0.2) is 71.0 Å². The molecule has 0 saturated carbocycles. The van der Waals surface area contributed by atoms with Gasteiger partial charge in [-0.2, -0.15) is 5.26 Å². The van der Waals surface area contributed by atoms with Crippen molar-refractivity contribution in [1.82, 2.24) is 19.8 Å². The van der Waals surface area contributed by atoms with Gasteiger partial charge in [-0.25, -0.2) is 9.97 Å². The van der Waals surface area contributed by atoms with Gasteiger partial charge in [0.05, 0.1) is 12.6 Å². The highest BCUT2D eigenvalue weighted by molar-refractivity contribution is 5.88. The van der Waals surface area contributed by atoms with E-state index in [1.54, 1.807) is 23.4 Å². The van der Waals surface area contributed by atoms with Gasteiger partial charge in [0.25, 0.3) is 0 Å². The molecule has 1 amide bonds. The lowest BCUT2D eigenvalue weighted by Gasteiger charge is -2.45. The first-order valence-corrected chi connectivity index (χ1v) is 7.07. The Hall–Kier alpha value is -2.20. The van der Waals surface area contributed by atoms with E-state index < -0.39 is 5.54 Å². The molecule has 0 N–H and O–H groups in total. The number of carbonyl (C=O) groups excluding carboxylic acids is 1. The molecular formula is C14H18N6O. The van der Waals surface area contributed by atoms with Gasteiger partial charge in [0.2, 0.25) is 11.9 Å². The molecule has 7 heteroatoms. The molecule has 3 heterocycles. The predicted octanol–water partition coefficient (Wildman–Crippen LogP) is -0.277. The molecule has 1 spiro atoms. The summed E-state index contributed by atoms with van der Waals surface area (Å²) in [6.45, 7) is 2.96. The van der Waals surface area contributed by atoms with Crippen LogP contribution in [0.1, 0.15) is 6.42 Å². The Morgan fingerprint density at radius 3 is 2.81 bits per heavy atom. The number of anilines is 1. The summed E-state index contributed by atoms with van der Waals surface area (Å²) in [6, 6.07) is 3.96. The summed E-state index contributed by atoms with van der Waals surface area (Å²) in [7, 11) is 1.83. The number of rotatable bonds is 2. The van der Waals surface area contributed by atoms with E-state index in [1.807, 2.05) is 16.8 Å². The number of hydrogen-bond donors (Lipinski definition) is 0. The van der Waals surface area contributed by atoms with Crippen molar-refractivity contribution in [2.45, 2.75) is 12.0 Å². The Balaban J connectivity index is 1.88. The van der Waals surface area contributed by atoms with Crippen LogP contribution in [0.15, 0.2) is 18.5 Å². The lowest BCUT2D eigenvalue weighted by Crippen LogP contribution is -2.66. The lowest BCUT2D eigenvalue weighted by molar-refractivity contribution is -0.147. The van der Waals surface area contributed by atoms with Gasteiger partial charge in [-0.1, -0.05) is 0 Å². The highest BCUT2D eigenvalue weighted by Crippen LogP contribution is 2.33. The summed E-state index contributed by atoms with van der Waals surface area (Å²) in [5, 5.41) is 9.04. The summed E-state index contributed by atoms with van der Waals surface area (Å²) in [4.78, 5) is 27.0. The van der Waals surface area contributed by atoms with Crippen LogP contribution >= 0.6 is 0 Å². The topological polar surface area (TPSA) is 76.4 Å². The molecule has 1 unspecified atom stereocenters. The minimum atomic E-state index is -0.609. The van der Waals surface area contributed by atoms with Crippen molar-refractivity contribution in [3.63, 3.8) is 0 Å². The third-order valence-corrected chi connectivity index (χ3v) is 4.40. The number of nitrogens with zero attached hydrogens (tertiary/aromatic N) is 6. The number of piperazine rings is 1. The Morgan fingerprint density at radius 1 is 1.33 bits per heavy atom. The van der Waals surface area contributed by atoms with Crippen LogP contribution in [0.2, 0.25) is 0 Å². The smallest absolute Gasteiger partial charge is 0.244 e. The molecule has 0 aliphatic carbocycles. The van der Waals surface area contributed by atoms with Crippen LogP contribution in [-0.2, 0) is 4.79 Å². The third-order valence-electron chi connectivity index (χ3n) is 4.40. The fourth-order valence-corrected chi connectivity index (χ4v) is 3.24. The minimum absolute atomic E-state index is 0.0995. The van der Waals surface area contributed by atoms with Crippen molar-refractivity contribution in [3.8, 4) is 6.07 Å². The molecule has 2 aliphatic rings. The summed E-state index contributed by atoms with van der Waals surface area (Å²) in [5.74, 6) is 0.745. The predicted molar refractivity (Wildman–Crippen MR) is 76.4 cm³/mol.